The summed E-state index contributed by atoms with van der Waals surface area (Å²) < 4.78 is 34.2. The van der Waals surface area contributed by atoms with Crippen molar-refractivity contribution < 1.29 is 17.9 Å². The molecular weight excluding hydrogens is 400 g/mol. The minimum absolute atomic E-state index is 0.0348. The largest absolute Gasteiger partial charge is 0.462 e. The third kappa shape index (κ3) is 3.21. The molecule has 1 aliphatic heterocycles. The highest BCUT2D eigenvalue weighted by atomic mass is 32.2. The van der Waals surface area contributed by atoms with E-state index >= 15 is 0 Å². The van der Waals surface area contributed by atoms with Gasteiger partial charge in [-0.1, -0.05) is 55.3 Å². The van der Waals surface area contributed by atoms with E-state index in [0.717, 1.165) is 31.2 Å². The van der Waals surface area contributed by atoms with Crippen LogP contribution in [0.15, 0.2) is 64.5 Å². The number of fused-ring (bicyclic) bond motifs is 1. The minimum atomic E-state index is -4.00. The van der Waals surface area contributed by atoms with Crippen molar-refractivity contribution >= 4 is 21.8 Å². The van der Waals surface area contributed by atoms with Gasteiger partial charge in [-0.15, -0.1) is 0 Å². The molecule has 2 aromatic rings. The number of rotatable bonds is 5. The Kier molecular flexibility index (Phi) is 5.40. The fraction of sp³-hybridized carbons (Fsp3) is 0.391. The summed E-state index contributed by atoms with van der Waals surface area (Å²) in [7, 11) is -4.00. The second-order valence-corrected chi connectivity index (χ2v) is 9.51. The van der Waals surface area contributed by atoms with Crippen molar-refractivity contribution in [3.05, 3.63) is 65.7 Å². The fourth-order valence-electron chi connectivity index (χ4n) is 4.79. The number of hydrogen-bond donors (Lipinski definition) is 0. The Bertz CT molecular complexity index is 1080. The summed E-state index contributed by atoms with van der Waals surface area (Å²) >= 11 is 0. The highest BCUT2D eigenvalue weighted by molar-refractivity contribution is 7.89. The van der Waals surface area contributed by atoms with Gasteiger partial charge in [0.25, 0.3) is 10.0 Å². The number of carbonyl (C=O) groups is 1. The van der Waals surface area contributed by atoms with Gasteiger partial charge in [0.15, 0.2) is 0 Å². The van der Waals surface area contributed by atoms with Crippen LogP contribution in [0.2, 0.25) is 0 Å². The van der Waals surface area contributed by atoms with E-state index in [1.54, 1.807) is 26.0 Å². The van der Waals surface area contributed by atoms with E-state index in [9.17, 15) is 13.2 Å². The lowest BCUT2D eigenvalue weighted by atomic mass is 9.74. The number of esters is 1. The predicted octanol–water partition coefficient (Wildman–Crippen LogP) is 4.12. The lowest BCUT2D eigenvalue weighted by Crippen LogP contribution is -2.49. The van der Waals surface area contributed by atoms with Gasteiger partial charge in [-0.25, -0.2) is 17.5 Å². The maximum absolute atomic E-state index is 13.8. The van der Waals surface area contributed by atoms with E-state index in [4.69, 9.17) is 9.73 Å². The number of sulfonamides is 1. The van der Waals surface area contributed by atoms with Crippen LogP contribution in [-0.4, -0.2) is 37.2 Å². The Balaban J connectivity index is 1.82. The van der Waals surface area contributed by atoms with Crippen molar-refractivity contribution in [2.75, 3.05) is 6.61 Å². The average Bonchev–Trinajstić information content (AvgIpc) is 3.08. The molecule has 4 rings (SSSR count). The molecule has 0 bridgehead atoms. The van der Waals surface area contributed by atoms with E-state index in [-0.39, 0.29) is 23.1 Å². The second-order valence-electron chi connectivity index (χ2n) is 7.73. The Labute approximate surface area is 177 Å². The quantitative estimate of drug-likeness (QED) is 0.674. The zero-order chi connectivity index (χ0) is 21.4. The maximum atomic E-state index is 13.8. The van der Waals surface area contributed by atoms with Crippen LogP contribution in [-0.2, 0) is 20.3 Å². The van der Waals surface area contributed by atoms with Gasteiger partial charge in [-0.05, 0) is 44.4 Å². The third-order valence-electron chi connectivity index (χ3n) is 5.99. The summed E-state index contributed by atoms with van der Waals surface area (Å²) in [6.07, 6.45) is 3.45. The molecule has 2 aromatic carbocycles. The summed E-state index contributed by atoms with van der Waals surface area (Å²) in [5.74, 6) is -0.173. The average molecular weight is 427 g/mol. The summed E-state index contributed by atoms with van der Waals surface area (Å²) in [5, 5.41) is 0. The Morgan fingerprint density at radius 1 is 1.13 bits per heavy atom. The summed E-state index contributed by atoms with van der Waals surface area (Å²) in [6, 6.07) is 15.9. The van der Waals surface area contributed by atoms with Crippen LogP contribution in [0.25, 0.3) is 0 Å². The number of benzene rings is 2. The van der Waals surface area contributed by atoms with Crippen LogP contribution >= 0.6 is 0 Å². The van der Waals surface area contributed by atoms with Crippen molar-refractivity contribution in [3.63, 3.8) is 0 Å². The Morgan fingerprint density at radius 2 is 1.83 bits per heavy atom. The summed E-state index contributed by atoms with van der Waals surface area (Å²) in [5.41, 5.74) is 0.501. The van der Waals surface area contributed by atoms with E-state index in [1.807, 2.05) is 30.3 Å². The normalized spacial score (nSPS) is 23.6. The van der Waals surface area contributed by atoms with Crippen LogP contribution in [0.5, 0.6) is 0 Å². The molecule has 1 heterocycles. The molecular formula is C23H26N2O4S. The van der Waals surface area contributed by atoms with Gasteiger partial charge in [0, 0.05) is 0 Å². The molecule has 2 atom stereocenters. The molecule has 0 aromatic heterocycles. The van der Waals surface area contributed by atoms with Gasteiger partial charge in [0.1, 0.15) is 16.3 Å². The smallest absolute Gasteiger partial charge is 0.339 e. The molecule has 6 nitrogen and oxygen atoms in total. The van der Waals surface area contributed by atoms with E-state index in [2.05, 4.69) is 0 Å². The minimum Gasteiger partial charge on any atom is -0.462 e. The molecule has 0 amide bonds. The van der Waals surface area contributed by atoms with Crippen molar-refractivity contribution in [2.24, 2.45) is 4.99 Å². The highest BCUT2D eigenvalue weighted by Crippen LogP contribution is 2.49. The van der Waals surface area contributed by atoms with Crippen LogP contribution in [0.4, 0.5) is 0 Å². The fourth-order valence-corrected chi connectivity index (χ4v) is 6.68. The van der Waals surface area contributed by atoms with Crippen LogP contribution < -0.4 is 0 Å². The number of nitrogens with zero attached hydrogens (tertiary/aromatic N) is 2. The van der Waals surface area contributed by atoms with Gasteiger partial charge < -0.3 is 4.74 Å². The zero-order valence-corrected chi connectivity index (χ0v) is 18.1. The predicted molar refractivity (Wildman–Crippen MR) is 115 cm³/mol. The lowest BCUT2D eigenvalue weighted by Gasteiger charge is -2.40. The van der Waals surface area contributed by atoms with Gasteiger partial charge in [-0.3, -0.25) is 4.99 Å². The molecule has 2 aliphatic rings. The second kappa shape index (κ2) is 7.87. The first-order chi connectivity index (χ1) is 14.4. The molecule has 30 heavy (non-hydrogen) atoms. The standard InChI is InChI=1S/C23H26N2O4S/c1-3-29-22(26)19-13-7-8-14-20(19)30(27,28)25-17(2)24-23(16-10-9-15-21(23)25)18-11-5-4-6-12-18/h4-8,11-14,21H,3,9-10,15-16H2,1-2H3/t21-,23-/m1/s1. The van der Waals surface area contributed by atoms with Crippen molar-refractivity contribution in [1.82, 2.24) is 4.31 Å². The molecule has 0 unspecified atom stereocenters. The first kappa shape index (κ1) is 20.6. The van der Waals surface area contributed by atoms with Crippen LogP contribution in [0.1, 0.15) is 55.5 Å². The molecule has 0 saturated heterocycles. The van der Waals surface area contributed by atoms with Crippen LogP contribution in [0, 0.1) is 0 Å². The Morgan fingerprint density at radius 3 is 2.57 bits per heavy atom. The van der Waals surface area contributed by atoms with Crippen LogP contribution in [0.3, 0.4) is 0 Å². The topological polar surface area (TPSA) is 76.0 Å². The number of ether oxygens (including phenoxy) is 1. The van der Waals surface area contributed by atoms with Gasteiger partial charge in [0.05, 0.1) is 18.2 Å². The summed E-state index contributed by atoms with van der Waals surface area (Å²) in [4.78, 5) is 17.3. The zero-order valence-electron chi connectivity index (χ0n) is 17.2. The van der Waals surface area contributed by atoms with E-state index < -0.39 is 21.5 Å². The number of aliphatic imine (C=N–C) groups is 1. The number of carbonyl (C=O) groups excluding carboxylic acids is 1. The molecule has 0 spiro atoms. The maximum Gasteiger partial charge on any atom is 0.339 e. The van der Waals surface area contributed by atoms with E-state index in [1.165, 1.54) is 16.4 Å². The van der Waals surface area contributed by atoms with Crippen molar-refractivity contribution in [3.8, 4) is 0 Å². The van der Waals surface area contributed by atoms with Gasteiger partial charge in [-0.2, -0.15) is 0 Å². The Hall–Kier alpha value is -2.67. The summed E-state index contributed by atoms with van der Waals surface area (Å²) in [6.45, 7) is 3.62. The highest BCUT2D eigenvalue weighted by Gasteiger charge is 2.54. The molecule has 158 valence electrons. The van der Waals surface area contributed by atoms with Crippen molar-refractivity contribution in [1.29, 1.82) is 0 Å². The lowest BCUT2D eigenvalue weighted by molar-refractivity contribution is 0.0521. The number of hydrogen-bond acceptors (Lipinski definition) is 5. The van der Waals surface area contributed by atoms with Gasteiger partial charge >= 0.3 is 5.97 Å². The monoisotopic (exact) mass is 426 g/mol. The molecule has 0 N–H and O–H groups in total. The van der Waals surface area contributed by atoms with E-state index in [0.29, 0.717) is 5.84 Å². The van der Waals surface area contributed by atoms with Gasteiger partial charge in [0.2, 0.25) is 0 Å². The van der Waals surface area contributed by atoms with Crippen molar-refractivity contribution in [2.45, 2.75) is 56.0 Å². The third-order valence-corrected chi connectivity index (χ3v) is 7.94. The first-order valence-electron chi connectivity index (χ1n) is 10.3. The molecule has 1 fully saturated rings. The first-order valence-corrected chi connectivity index (χ1v) is 11.8. The SMILES string of the molecule is CCOC(=O)c1ccccc1S(=O)(=O)N1C(C)=N[C@@]2(c3ccccc3)CCCC[C@@H]12. The molecule has 1 aliphatic carbocycles. The molecule has 0 radical (unpaired) electrons. The molecule has 1 saturated carbocycles. The molecule has 7 heteroatoms. The number of amidine groups is 1.